The van der Waals surface area contributed by atoms with Gasteiger partial charge in [0.2, 0.25) is 6.04 Å². The summed E-state index contributed by atoms with van der Waals surface area (Å²) < 4.78 is 12.2. The molecule has 0 aromatic carbocycles. The third-order valence-corrected chi connectivity index (χ3v) is 6.54. The second-order valence-corrected chi connectivity index (χ2v) is 7.34. The molecule has 2 N–H and O–H groups in total. The summed E-state index contributed by atoms with van der Waals surface area (Å²) in [5, 5.41) is 11.3. The second kappa shape index (κ2) is 5.93. The molecule has 0 aromatic heterocycles. The van der Waals surface area contributed by atoms with Crippen LogP contribution in [0.1, 0.15) is 38.5 Å². The van der Waals surface area contributed by atoms with Gasteiger partial charge in [-0.15, -0.1) is 4.99 Å². The maximum absolute atomic E-state index is 11.3. The average Bonchev–Trinajstić information content (AvgIpc) is 3.14. The minimum absolute atomic E-state index is 0.0580. The first-order valence-corrected chi connectivity index (χ1v) is 8.59. The van der Waals surface area contributed by atoms with E-state index in [-0.39, 0.29) is 22.9 Å². The van der Waals surface area contributed by atoms with E-state index < -0.39 is 11.8 Å². The number of nitrogens with two attached hydrogens (primary N) is 1. The van der Waals surface area contributed by atoms with Crippen molar-refractivity contribution in [1.29, 1.82) is 0 Å². The van der Waals surface area contributed by atoms with E-state index in [1.165, 1.54) is 0 Å². The fraction of sp³-hybridized carbons (Fsp3) is 1.00. The summed E-state index contributed by atoms with van der Waals surface area (Å²) in [6.45, 7) is 1.13. The third-order valence-electron chi connectivity index (χ3n) is 6.54. The Bertz CT molecular complexity index is 469. The highest BCUT2D eigenvalue weighted by molar-refractivity contribution is 5.08. The van der Waals surface area contributed by atoms with Crippen LogP contribution in [-0.2, 0) is 19.3 Å². The van der Waals surface area contributed by atoms with Crippen molar-refractivity contribution in [1.82, 2.24) is 0 Å². The van der Waals surface area contributed by atoms with Crippen molar-refractivity contribution in [2.75, 3.05) is 13.2 Å². The van der Waals surface area contributed by atoms with E-state index in [1.54, 1.807) is 0 Å². The van der Waals surface area contributed by atoms with Gasteiger partial charge in [-0.1, -0.05) is 0 Å². The molecule has 0 amide bonds. The minimum atomic E-state index is -0.666. The summed E-state index contributed by atoms with van der Waals surface area (Å²) >= 11 is 0. The molecule has 23 heavy (non-hydrogen) atoms. The number of hydrogen-bond donors (Lipinski definition) is 1. The molecule has 6 unspecified atom stereocenters. The fourth-order valence-electron chi connectivity index (χ4n) is 5.78. The standard InChI is InChI=1S/C15H24N2O6/c16-23-22-10-2-4-12-11-3-1-9(17(18)19)7-13(11)15(14(12)8-10)20-5-6-21-15/h9-14H,1-8,16H2. The maximum atomic E-state index is 11.3. The van der Waals surface area contributed by atoms with Crippen molar-refractivity contribution in [3.63, 3.8) is 0 Å². The van der Waals surface area contributed by atoms with Gasteiger partial charge in [-0.05, 0) is 37.5 Å². The van der Waals surface area contributed by atoms with Crippen molar-refractivity contribution in [3.8, 4) is 0 Å². The molecule has 0 bridgehead atoms. The third kappa shape index (κ3) is 2.39. The number of nitro groups is 1. The van der Waals surface area contributed by atoms with E-state index in [1.807, 2.05) is 0 Å². The van der Waals surface area contributed by atoms with Crippen LogP contribution in [0.5, 0.6) is 0 Å². The molecular weight excluding hydrogens is 304 g/mol. The van der Waals surface area contributed by atoms with Crippen molar-refractivity contribution >= 4 is 0 Å². The van der Waals surface area contributed by atoms with Crippen LogP contribution in [0.3, 0.4) is 0 Å². The van der Waals surface area contributed by atoms with Crippen LogP contribution in [0.2, 0.25) is 0 Å². The highest BCUT2D eigenvalue weighted by atomic mass is 17.3. The monoisotopic (exact) mass is 328 g/mol. The highest BCUT2D eigenvalue weighted by Gasteiger charge is 2.66. The van der Waals surface area contributed by atoms with Crippen LogP contribution in [0.4, 0.5) is 0 Å². The molecule has 8 nitrogen and oxygen atoms in total. The summed E-state index contributed by atoms with van der Waals surface area (Å²) in [4.78, 5) is 20.7. The van der Waals surface area contributed by atoms with Crippen molar-refractivity contribution in [2.24, 2.45) is 29.6 Å². The van der Waals surface area contributed by atoms with E-state index in [0.29, 0.717) is 37.9 Å². The van der Waals surface area contributed by atoms with Crippen LogP contribution in [-0.4, -0.2) is 36.1 Å². The Morgan fingerprint density at radius 1 is 1.04 bits per heavy atom. The molecule has 1 aliphatic heterocycles. The topological polar surface area (TPSA) is 106 Å². The zero-order valence-corrected chi connectivity index (χ0v) is 13.1. The lowest BCUT2D eigenvalue weighted by molar-refractivity contribution is -0.530. The van der Waals surface area contributed by atoms with Gasteiger partial charge in [-0.25, -0.2) is 4.89 Å². The summed E-state index contributed by atoms with van der Waals surface area (Å²) in [6, 6.07) is -0.472. The van der Waals surface area contributed by atoms with Crippen LogP contribution >= 0.6 is 0 Å². The summed E-state index contributed by atoms with van der Waals surface area (Å²) in [5.74, 6) is 5.65. The molecule has 3 saturated carbocycles. The van der Waals surface area contributed by atoms with E-state index in [4.69, 9.17) is 20.3 Å². The summed E-state index contributed by atoms with van der Waals surface area (Å²) in [5.41, 5.74) is 0. The molecule has 4 aliphatic rings. The van der Waals surface area contributed by atoms with E-state index in [0.717, 1.165) is 25.7 Å². The molecule has 4 rings (SSSR count). The first kappa shape index (κ1) is 15.7. The Morgan fingerprint density at radius 2 is 1.70 bits per heavy atom. The molecule has 130 valence electrons. The SMILES string of the molecule is NOOC1CCC2C3CCC([N+](=O)[O-])CC3C3(OCCO3)C2C1. The predicted octanol–water partition coefficient (Wildman–Crippen LogP) is 1.41. The fourth-order valence-corrected chi connectivity index (χ4v) is 5.78. The Morgan fingerprint density at radius 3 is 2.35 bits per heavy atom. The quantitative estimate of drug-likeness (QED) is 0.474. The highest BCUT2D eigenvalue weighted by Crippen LogP contribution is 2.62. The van der Waals surface area contributed by atoms with Crippen LogP contribution in [0, 0.1) is 33.8 Å². The Balaban J connectivity index is 1.61. The molecule has 4 fully saturated rings. The Kier molecular flexibility index (Phi) is 4.05. The van der Waals surface area contributed by atoms with Gasteiger partial charge in [0.1, 0.15) is 0 Å². The van der Waals surface area contributed by atoms with Gasteiger partial charge in [-0.2, -0.15) is 5.90 Å². The minimum Gasteiger partial charge on any atom is -0.347 e. The molecular formula is C15H24N2O6. The normalized spacial score (nSPS) is 44.9. The maximum Gasteiger partial charge on any atom is 0.213 e. The Labute approximate surface area is 134 Å². The molecule has 6 atom stereocenters. The lowest BCUT2D eigenvalue weighted by Gasteiger charge is -2.39. The predicted molar refractivity (Wildman–Crippen MR) is 77.2 cm³/mol. The average molecular weight is 328 g/mol. The second-order valence-electron chi connectivity index (χ2n) is 7.34. The lowest BCUT2D eigenvalue weighted by atomic mass is 9.72. The summed E-state index contributed by atoms with van der Waals surface area (Å²) in [6.07, 6.45) is 4.75. The first-order chi connectivity index (χ1) is 11.2. The number of rotatable bonds is 3. The van der Waals surface area contributed by atoms with Crippen LogP contribution in [0.15, 0.2) is 0 Å². The molecule has 1 spiro atoms. The van der Waals surface area contributed by atoms with Crippen molar-refractivity contribution < 1.29 is 24.3 Å². The van der Waals surface area contributed by atoms with Gasteiger partial charge >= 0.3 is 0 Å². The zero-order valence-electron chi connectivity index (χ0n) is 13.1. The zero-order chi connectivity index (χ0) is 16.0. The number of ether oxygens (including phenoxy) is 2. The Hall–Kier alpha value is -0.800. The van der Waals surface area contributed by atoms with Gasteiger partial charge in [0, 0.05) is 29.6 Å². The smallest absolute Gasteiger partial charge is 0.213 e. The molecule has 1 saturated heterocycles. The number of hydrogen-bond acceptors (Lipinski definition) is 7. The lowest BCUT2D eigenvalue weighted by Crippen LogP contribution is -2.47. The first-order valence-electron chi connectivity index (χ1n) is 8.59. The molecule has 3 aliphatic carbocycles. The number of fused-ring (bicyclic) bond motifs is 5. The van der Waals surface area contributed by atoms with Crippen molar-refractivity contribution in [2.45, 2.75) is 56.5 Å². The molecule has 0 radical (unpaired) electrons. The molecule has 8 heteroatoms. The van der Waals surface area contributed by atoms with E-state index >= 15 is 0 Å². The van der Waals surface area contributed by atoms with Gasteiger partial charge in [0.15, 0.2) is 5.79 Å². The van der Waals surface area contributed by atoms with E-state index in [9.17, 15) is 10.1 Å². The summed E-state index contributed by atoms with van der Waals surface area (Å²) in [7, 11) is 0. The van der Waals surface area contributed by atoms with Gasteiger partial charge in [0.05, 0.1) is 19.3 Å². The van der Waals surface area contributed by atoms with Gasteiger partial charge < -0.3 is 9.47 Å². The van der Waals surface area contributed by atoms with Gasteiger partial charge in [-0.3, -0.25) is 10.1 Å². The largest absolute Gasteiger partial charge is 0.347 e. The van der Waals surface area contributed by atoms with Gasteiger partial charge in [0.25, 0.3) is 0 Å². The molecule has 0 aromatic rings. The van der Waals surface area contributed by atoms with E-state index in [2.05, 4.69) is 4.99 Å². The van der Waals surface area contributed by atoms with Crippen LogP contribution < -0.4 is 5.90 Å². The van der Waals surface area contributed by atoms with Crippen molar-refractivity contribution in [3.05, 3.63) is 10.1 Å². The number of nitrogens with zero attached hydrogens (tertiary/aromatic N) is 1. The molecule has 1 heterocycles. The van der Waals surface area contributed by atoms with Crippen LogP contribution in [0.25, 0.3) is 0 Å².